The van der Waals surface area contributed by atoms with E-state index < -0.39 is 15.6 Å². The molecule has 0 spiro atoms. The summed E-state index contributed by atoms with van der Waals surface area (Å²) >= 11 is 0. The molecule has 4 N–H and O–H groups in total. The minimum absolute atomic E-state index is 0.212. The summed E-state index contributed by atoms with van der Waals surface area (Å²) in [5.74, 6) is -0.171. The van der Waals surface area contributed by atoms with Gasteiger partial charge in [0.05, 0.1) is 61.1 Å². The molecule has 4 aromatic rings. The quantitative estimate of drug-likeness (QED) is 0.136. The number of anilines is 3. The Morgan fingerprint density at radius 2 is 1.68 bits per heavy atom. The first-order valence-electron chi connectivity index (χ1n) is 16.3. The number of hydrogen-bond acceptors (Lipinski definition) is 9. The molecular formula is C37H47N7O5S. The molecule has 3 aromatic carbocycles. The lowest BCUT2D eigenvalue weighted by molar-refractivity contribution is 0.0497. The third-order valence-electron chi connectivity index (χ3n) is 8.44. The van der Waals surface area contributed by atoms with Crippen molar-refractivity contribution in [3.8, 4) is 5.75 Å². The fourth-order valence-electron chi connectivity index (χ4n) is 5.77. The fraction of sp³-hybridized carbons (Fsp3) is 0.351. The summed E-state index contributed by atoms with van der Waals surface area (Å²) in [6.07, 6.45) is 4.83. The highest BCUT2D eigenvalue weighted by Crippen LogP contribution is 2.39. The molecule has 0 fully saturated rings. The van der Waals surface area contributed by atoms with Gasteiger partial charge in [0, 0.05) is 23.0 Å². The number of aromatic nitrogens is 2. The number of nitrogens with zero attached hydrogens (tertiary/aromatic N) is 3. The lowest BCUT2D eigenvalue weighted by Crippen LogP contribution is -2.37. The number of methoxy groups -OCH3 is 1. The van der Waals surface area contributed by atoms with Crippen LogP contribution in [0.4, 0.5) is 17.1 Å². The van der Waals surface area contributed by atoms with Gasteiger partial charge in [-0.15, -0.1) is 5.53 Å². The van der Waals surface area contributed by atoms with Crippen molar-refractivity contribution >= 4 is 38.7 Å². The molecule has 0 saturated heterocycles. The van der Waals surface area contributed by atoms with E-state index in [-0.39, 0.29) is 22.8 Å². The van der Waals surface area contributed by atoms with Crippen LogP contribution in [0.2, 0.25) is 0 Å². The Labute approximate surface area is 294 Å². The number of sulfonamides is 1. The van der Waals surface area contributed by atoms with Crippen LogP contribution in [-0.4, -0.2) is 44.1 Å². The van der Waals surface area contributed by atoms with Gasteiger partial charge in [-0.2, -0.15) is 5.10 Å². The molecule has 0 atom stereocenters. The van der Waals surface area contributed by atoms with E-state index in [2.05, 4.69) is 34.8 Å². The van der Waals surface area contributed by atoms with E-state index in [1.807, 2.05) is 93.1 Å². The number of nitrogens with one attached hydrogen (secondary N) is 4. The molecule has 0 unspecified atom stereocenters. The van der Waals surface area contributed by atoms with Crippen molar-refractivity contribution in [1.29, 1.82) is 0 Å². The number of carbonyl (C=O) groups is 1. The van der Waals surface area contributed by atoms with Crippen molar-refractivity contribution in [1.82, 2.24) is 20.7 Å². The van der Waals surface area contributed by atoms with Gasteiger partial charge in [-0.1, -0.05) is 57.2 Å². The van der Waals surface area contributed by atoms with Crippen LogP contribution in [-0.2, 0) is 32.3 Å². The van der Waals surface area contributed by atoms with Gasteiger partial charge < -0.3 is 20.2 Å². The summed E-state index contributed by atoms with van der Waals surface area (Å²) in [6.45, 7) is 15.2. The van der Waals surface area contributed by atoms with Gasteiger partial charge >= 0.3 is 0 Å². The maximum Gasteiger partial charge on any atom is 0.255 e. The molecule has 0 bridgehead atoms. The van der Waals surface area contributed by atoms with Crippen molar-refractivity contribution < 1.29 is 22.7 Å². The summed E-state index contributed by atoms with van der Waals surface area (Å²) in [7, 11) is -2.18. The molecule has 1 amide bonds. The van der Waals surface area contributed by atoms with Gasteiger partial charge in [0.1, 0.15) is 0 Å². The summed E-state index contributed by atoms with van der Waals surface area (Å²) < 4.78 is 40.5. The Morgan fingerprint density at radius 3 is 2.34 bits per heavy atom. The number of amides is 1. The Hall–Kier alpha value is -4.85. The monoisotopic (exact) mass is 701 g/mol. The van der Waals surface area contributed by atoms with Gasteiger partial charge in [0.2, 0.25) is 10.0 Å². The number of aryl methyl sites for hydroxylation is 1. The first-order chi connectivity index (χ1) is 23.5. The molecule has 13 heteroatoms. The largest absolute Gasteiger partial charge is 0.492 e. The van der Waals surface area contributed by atoms with Crippen LogP contribution >= 0.6 is 0 Å². The number of hydrogen-bond donors (Lipinski definition) is 4. The van der Waals surface area contributed by atoms with Gasteiger partial charge in [-0.3, -0.25) is 19.2 Å². The zero-order valence-electron chi connectivity index (χ0n) is 30.1. The van der Waals surface area contributed by atoms with Crippen molar-refractivity contribution in [2.45, 2.75) is 66.0 Å². The minimum Gasteiger partial charge on any atom is -0.492 e. The molecule has 2 heterocycles. The van der Waals surface area contributed by atoms with Crippen LogP contribution in [0.25, 0.3) is 5.70 Å². The molecule has 0 aliphatic carbocycles. The predicted octanol–water partition coefficient (Wildman–Crippen LogP) is 6.21. The number of hydrazine groups is 2. The van der Waals surface area contributed by atoms with E-state index in [1.54, 1.807) is 24.3 Å². The second-order valence-electron chi connectivity index (χ2n) is 14.2. The highest BCUT2D eigenvalue weighted by molar-refractivity contribution is 7.92. The molecule has 1 aromatic heterocycles. The Bertz CT molecular complexity index is 2020. The SMILES string of the molecule is COc1c(NC(=O)c2ccc(C)c(N3C=C(c4cnn(C(C)(C)COCc5ccccc5)c4C)NN3)c2)cc(C(C)(C)C)cc1NS(C)(=O)=O. The summed E-state index contributed by atoms with van der Waals surface area (Å²) in [4.78, 5) is 13.7. The number of rotatable bonds is 12. The molecule has 266 valence electrons. The van der Waals surface area contributed by atoms with Crippen LogP contribution < -0.4 is 30.7 Å². The normalized spacial score (nSPS) is 13.5. The molecule has 5 rings (SSSR count). The molecular weight excluding hydrogens is 655 g/mol. The number of benzene rings is 3. The smallest absolute Gasteiger partial charge is 0.255 e. The molecule has 0 saturated carbocycles. The second kappa shape index (κ2) is 14.2. The van der Waals surface area contributed by atoms with Crippen molar-refractivity contribution in [2.24, 2.45) is 0 Å². The van der Waals surface area contributed by atoms with E-state index in [1.165, 1.54) is 7.11 Å². The number of ether oxygens (including phenoxy) is 2. The number of carbonyl (C=O) groups excluding carboxylic acids is 1. The van der Waals surface area contributed by atoms with E-state index in [9.17, 15) is 13.2 Å². The fourth-order valence-corrected chi connectivity index (χ4v) is 6.33. The van der Waals surface area contributed by atoms with Crippen LogP contribution in [0.3, 0.4) is 0 Å². The lowest BCUT2D eigenvalue weighted by atomic mass is 9.86. The molecule has 50 heavy (non-hydrogen) atoms. The van der Waals surface area contributed by atoms with Gasteiger partial charge in [0.25, 0.3) is 5.91 Å². The summed E-state index contributed by atoms with van der Waals surface area (Å²) in [5.41, 5.74) is 13.0. The minimum atomic E-state index is -3.61. The Morgan fingerprint density at radius 1 is 0.980 bits per heavy atom. The van der Waals surface area contributed by atoms with E-state index in [0.29, 0.717) is 24.5 Å². The van der Waals surface area contributed by atoms with E-state index in [0.717, 1.165) is 45.6 Å². The van der Waals surface area contributed by atoms with Gasteiger partial charge in [0.15, 0.2) is 5.75 Å². The van der Waals surface area contributed by atoms with Crippen molar-refractivity contribution in [3.63, 3.8) is 0 Å². The van der Waals surface area contributed by atoms with Crippen LogP contribution in [0, 0.1) is 13.8 Å². The second-order valence-corrected chi connectivity index (χ2v) is 15.9. The predicted molar refractivity (Wildman–Crippen MR) is 198 cm³/mol. The van der Waals surface area contributed by atoms with Gasteiger partial charge in [-0.25, -0.2) is 8.42 Å². The van der Waals surface area contributed by atoms with Crippen molar-refractivity contribution in [2.75, 3.05) is 35.0 Å². The van der Waals surface area contributed by atoms with Crippen LogP contribution in [0.1, 0.15) is 72.9 Å². The Kier molecular flexibility index (Phi) is 10.3. The van der Waals surface area contributed by atoms with Crippen molar-refractivity contribution in [3.05, 3.63) is 107 Å². The van der Waals surface area contributed by atoms with Crippen LogP contribution in [0.5, 0.6) is 5.75 Å². The summed E-state index contributed by atoms with van der Waals surface area (Å²) in [5, 5.41) is 9.49. The van der Waals surface area contributed by atoms with Gasteiger partial charge in [-0.05, 0) is 74.1 Å². The molecule has 12 nitrogen and oxygen atoms in total. The third kappa shape index (κ3) is 8.29. The van der Waals surface area contributed by atoms with E-state index >= 15 is 0 Å². The molecule has 1 aliphatic heterocycles. The summed E-state index contributed by atoms with van der Waals surface area (Å²) in [6, 6.07) is 19.0. The zero-order valence-corrected chi connectivity index (χ0v) is 31.0. The molecule has 0 radical (unpaired) electrons. The zero-order chi connectivity index (χ0) is 36.4. The third-order valence-corrected chi connectivity index (χ3v) is 9.03. The van der Waals surface area contributed by atoms with E-state index in [4.69, 9.17) is 14.6 Å². The average molecular weight is 702 g/mol. The Balaban J connectivity index is 1.36. The standard InChI is InChI=1S/C37H47N7O5S/c1-24-15-16-27(35(45)39-30-18-28(36(3,4)5)19-31(34(30)48-8)41-50(9,46)47)17-33(24)43-21-32(40-42-43)29-20-38-44(25(29)2)37(6,7)23-49-22-26-13-11-10-12-14-26/h10-21,40-42H,22-23H2,1-9H3,(H,39,45). The highest BCUT2D eigenvalue weighted by atomic mass is 32.2. The first kappa shape index (κ1) is 36.4. The maximum absolute atomic E-state index is 13.7. The average Bonchev–Trinajstić information content (AvgIpc) is 3.67. The lowest BCUT2D eigenvalue weighted by Gasteiger charge is -2.27. The topological polar surface area (TPSA) is 139 Å². The molecule has 1 aliphatic rings. The highest BCUT2D eigenvalue weighted by Gasteiger charge is 2.28. The first-order valence-corrected chi connectivity index (χ1v) is 18.2. The van der Waals surface area contributed by atoms with Crippen LogP contribution in [0.15, 0.2) is 73.1 Å². The maximum atomic E-state index is 13.7.